The first-order valence-electron chi connectivity index (χ1n) is 8.73. The van der Waals surface area contributed by atoms with E-state index in [0.717, 1.165) is 5.56 Å². The molecule has 1 aromatic carbocycles. The smallest absolute Gasteiger partial charge is 0.319 e. The molecule has 0 heterocycles. The van der Waals surface area contributed by atoms with Gasteiger partial charge in [-0.25, -0.2) is 0 Å². The second-order valence-corrected chi connectivity index (χ2v) is 6.97. The number of rotatable bonds is 10. The van der Waals surface area contributed by atoms with E-state index in [2.05, 4.69) is 0 Å². The molecule has 0 spiro atoms. The maximum Gasteiger partial charge on any atom is 0.319 e. The summed E-state index contributed by atoms with van der Waals surface area (Å²) in [5, 5.41) is 10.5. The number of benzene rings is 1. The number of carbonyl (C=O) groups is 2. The van der Waals surface area contributed by atoms with Crippen LogP contribution in [0.15, 0.2) is 30.3 Å². The summed E-state index contributed by atoms with van der Waals surface area (Å²) in [7, 11) is 0. The van der Waals surface area contributed by atoms with Crippen molar-refractivity contribution in [2.45, 2.75) is 47.3 Å². The Labute approximate surface area is 150 Å². The number of carbonyl (C=O) groups excluding carboxylic acids is 2. The first kappa shape index (κ1) is 21.3. The fourth-order valence-electron chi connectivity index (χ4n) is 2.66. The van der Waals surface area contributed by atoms with Crippen molar-refractivity contribution in [1.82, 2.24) is 0 Å². The molecule has 5 nitrogen and oxygen atoms in total. The molecule has 0 aliphatic heterocycles. The van der Waals surface area contributed by atoms with Crippen LogP contribution in [0.25, 0.3) is 0 Å². The minimum Gasteiger partial charge on any atom is -0.465 e. The molecule has 140 valence electrons. The van der Waals surface area contributed by atoms with E-state index >= 15 is 0 Å². The van der Waals surface area contributed by atoms with Gasteiger partial charge in [-0.05, 0) is 26.3 Å². The Balaban J connectivity index is 2.57. The molecule has 1 aromatic rings. The highest BCUT2D eigenvalue weighted by molar-refractivity contribution is 6.04. The minimum atomic E-state index is -1.28. The molecular weight excluding hydrogens is 320 g/mol. The molecule has 1 N–H and O–H groups in total. The summed E-state index contributed by atoms with van der Waals surface area (Å²) in [5.74, 6) is -1.81. The van der Waals surface area contributed by atoms with Crippen LogP contribution in [-0.4, -0.2) is 36.2 Å². The Morgan fingerprint density at radius 3 is 2.32 bits per heavy atom. The molecule has 0 aliphatic carbocycles. The van der Waals surface area contributed by atoms with Gasteiger partial charge >= 0.3 is 5.97 Å². The van der Waals surface area contributed by atoms with Gasteiger partial charge in [0.05, 0.1) is 25.9 Å². The summed E-state index contributed by atoms with van der Waals surface area (Å²) in [5.41, 5.74) is -0.224. The zero-order valence-corrected chi connectivity index (χ0v) is 15.8. The van der Waals surface area contributed by atoms with Gasteiger partial charge in [0.1, 0.15) is 5.41 Å². The average Bonchev–Trinajstić information content (AvgIpc) is 2.60. The second kappa shape index (κ2) is 9.68. The summed E-state index contributed by atoms with van der Waals surface area (Å²) in [6, 6.07) is 9.75. The molecule has 0 unspecified atom stereocenters. The van der Waals surface area contributed by atoms with Gasteiger partial charge in [-0.15, -0.1) is 0 Å². The predicted octanol–water partition coefficient (Wildman–Crippen LogP) is 2.99. The van der Waals surface area contributed by atoms with Crippen LogP contribution in [0.5, 0.6) is 0 Å². The summed E-state index contributed by atoms with van der Waals surface area (Å²) in [6.45, 7) is 9.24. The van der Waals surface area contributed by atoms with E-state index in [1.807, 2.05) is 37.3 Å². The molecule has 0 bridgehead atoms. The Bertz CT molecular complexity index is 552. The third-order valence-corrected chi connectivity index (χ3v) is 4.40. The van der Waals surface area contributed by atoms with Gasteiger partial charge in [-0.3, -0.25) is 9.59 Å². The SMILES string of the molecule is CCOC(=O)C(C)(C)C(=O)[C@H](C)[C@@H](O)[C@@H](C)COCc1ccccc1. The molecule has 0 fully saturated rings. The topological polar surface area (TPSA) is 72.8 Å². The normalized spacial score (nSPS) is 15.3. The summed E-state index contributed by atoms with van der Waals surface area (Å²) >= 11 is 0. The van der Waals surface area contributed by atoms with Crippen LogP contribution in [0.1, 0.15) is 40.2 Å². The summed E-state index contributed by atoms with van der Waals surface area (Å²) in [6.07, 6.45) is -0.892. The number of aliphatic hydroxyl groups excluding tert-OH is 1. The van der Waals surface area contributed by atoms with Crippen LogP contribution in [0.2, 0.25) is 0 Å². The third-order valence-electron chi connectivity index (χ3n) is 4.40. The Kier molecular flexibility index (Phi) is 8.26. The maximum absolute atomic E-state index is 12.6. The van der Waals surface area contributed by atoms with Gasteiger partial charge in [-0.2, -0.15) is 0 Å². The van der Waals surface area contributed by atoms with Crippen molar-refractivity contribution < 1.29 is 24.2 Å². The van der Waals surface area contributed by atoms with E-state index in [9.17, 15) is 14.7 Å². The van der Waals surface area contributed by atoms with E-state index in [-0.39, 0.29) is 18.3 Å². The largest absolute Gasteiger partial charge is 0.465 e. The van der Waals surface area contributed by atoms with E-state index in [1.165, 1.54) is 13.8 Å². The Morgan fingerprint density at radius 2 is 1.76 bits per heavy atom. The molecule has 3 atom stereocenters. The molecule has 0 radical (unpaired) electrons. The van der Waals surface area contributed by atoms with Gasteiger partial charge in [0.2, 0.25) is 0 Å². The van der Waals surface area contributed by atoms with Crippen LogP contribution >= 0.6 is 0 Å². The van der Waals surface area contributed by atoms with E-state index in [4.69, 9.17) is 9.47 Å². The number of ether oxygens (including phenoxy) is 2. The molecule has 5 heteroatoms. The van der Waals surface area contributed by atoms with Crippen LogP contribution in [0.3, 0.4) is 0 Å². The van der Waals surface area contributed by atoms with Gasteiger partial charge in [0.25, 0.3) is 0 Å². The second-order valence-electron chi connectivity index (χ2n) is 6.97. The average molecular weight is 350 g/mol. The first-order chi connectivity index (χ1) is 11.7. The predicted molar refractivity (Wildman–Crippen MR) is 95.9 cm³/mol. The molecule has 25 heavy (non-hydrogen) atoms. The number of ketones is 1. The van der Waals surface area contributed by atoms with E-state index in [1.54, 1.807) is 13.8 Å². The van der Waals surface area contributed by atoms with Gasteiger partial charge < -0.3 is 14.6 Å². The van der Waals surface area contributed by atoms with Gasteiger partial charge in [0, 0.05) is 11.8 Å². The van der Waals surface area contributed by atoms with Crippen molar-refractivity contribution >= 4 is 11.8 Å². The summed E-state index contributed by atoms with van der Waals surface area (Å²) in [4.78, 5) is 24.6. The highest BCUT2D eigenvalue weighted by Crippen LogP contribution is 2.27. The van der Waals surface area contributed by atoms with Crippen molar-refractivity contribution in [3.05, 3.63) is 35.9 Å². The van der Waals surface area contributed by atoms with Crippen LogP contribution < -0.4 is 0 Å². The number of esters is 1. The van der Waals surface area contributed by atoms with Crippen molar-refractivity contribution in [1.29, 1.82) is 0 Å². The highest BCUT2D eigenvalue weighted by Gasteiger charge is 2.42. The monoisotopic (exact) mass is 350 g/mol. The van der Waals surface area contributed by atoms with Crippen molar-refractivity contribution in [3.63, 3.8) is 0 Å². The van der Waals surface area contributed by atoms with Crippen LogP contribution in [0.4, 0.5) is 0 Å². The minimum absolute atomic E-state index is 0.218. The number of aliphatic hydroxyl groups is 1. The zero-order chi connectivity index (χ0) is 19.0. The maximum atomic E-state index is 12.6. The summed E-state index contributed by atoms with van der Waals surface area (Å²) < 4.78 is 10.6. The van der Waals surface area contributed by atoms with E-state index in [0.29, 0.717) is 13.2 Å². The number of hydrogen-bond acceptors (Lipinski definition) is 5. The molecule has 0 aromatic heterocycles. The van der Waals surface area contributed by atoms with Crippen LogP contribution in [0, 0.1) is 17.3 Å². The van der Waals surface area contributed by atoms with Crippen molar-refractivity contribution in [2.75, 3.05) is 13.2 Å². The zero-order valence-electron chi connectivity index (χ0n) is 15.8. The lowest BCUT2D eigenvalue weighted by Gasteiger charge is -2.29. The van der Waals surface area contributed by atoms with E-state index < -0.39 is 23.4 Å². The molecule has 1 rings (SSSR count). The fraction of sp³-hybridized carbons (Fsp3) is 0.600. The lowest BCUT2D eigenvalue weighted by molar-refractivity contribution is -0.160. The Hall–Kier alpha value is -1.72. The molecular formula is C20H30O5. The lowest BCUT2D eigenvalue weighted by Crippen LogP contribution is -2.44. The standard InChI is InChI=1S/C20H30O5/c1-6-25-19(23)20(4,5)18(22)15(3)17(21)14(2)12-24-13-16-10-8-7-9-11-16/h7-11,14-15,17,21H,6,12-13H2,1-5H3/t14-,15+,17-/m0/s1. The van der Waals surface area contributed by atoms with Crippen molar-refractivity contribution in [3.8, 4) is 0 Å². The van der Waals surface area contributed by atoms with Crippen molar-refractivity contribution in [2.24, 2.45) is 17.3 Å². The number of hydrogen-bond donors (Lipinski definition) is 1. The first-order valence-corrected chi connectivity index (χ1v) is 8.73. The molecule has 0 amide bonds. The van der Waals surface area contributed by atoms with Gasteiger partial charge in [0.15, 0.2) is 5.78 Å². The molecule has 0 aliphatic rings. The Morgan fingerprint density at radius 1 is 1.16 bits per heavy atom. The third kappa shape index (κ3) is 5.94. The quantitative estimate of drug-likeness (QED) is 0.519. The lowest BCUT2D eigenvalue weighted by atomic mass is 9.77. The van der Waals surface area contributed by atoms with Gasteiger partial charge in [-0.1, -0.05) is 44.2 Å². The van der Waals surface area contributed by atoms with Crippen LogP contribution in [-0.2, 0) is 25.7 Å². The molecule has 0 saturated carbocycles. The molecule has 0 saturated heterocycles. The number of Topliss-reactive ketones (excluding diaryl/α,β-unsaturated/α-hetero) is 1. The fourth-order valence-corrected chi connectivity index (χ4v) is 2.66. The highest BCUT2D eigenvalue weighted by atomic mass is 16.5.